The number of hydrazine groups is 1. The molecule has 0 unspecified atom stereocenters. The zero-order valence-electron chi connectivity index (χ0n) is 11.6. The van der Waals surface area contributed by atoms with Crippen LogP contribution in [0.1, 0.15) is 6.42 Å². The first-order valence-corrected chi connectivity index (χ1v) is 8.12. The summed E-state index contributed by atoms with van der Waals surface area (Å²) in [7, 11) is 0. The van der Waals surface area contributed by atoms with Crippen molar-refractivity contribution in [2.45, 2.75) is 6.42 Å². The predicted molar refractivity (Wildman–Crippen MR) is 86.8 cm³/mol. The Balaban J connectivity index is 2.16. The van der Waals surface area contributed by atoms with E-state index < -0.39 is 11.7 Å². The van der Waals surface area contributed by atoms with Gasteiger partial charge < -0.3 is 10.1 Å². The molecule has 5 nitrogen and oxygen atoms in total. The maximum absolute atomic E-state index is 13.3. The first-order chi connectivity index (χ1) is 10.1. The molecule has 1 amide bonds. The number of hydrogen-bond donors (Lipinski definition) is 3. The van der Waals surface area contributed by atoms with Gasteiger partial charge >= 0.3 is 0 Å². The molecule has 1 rings (SSSR count). The largest absolute Gasteiger partial charge is 0.481 e. The molecule has 21 heavy (non-hydrogen) atoms. The van der Waals surface area contributed by atoms with E-state index in [-0.39, 0.29) is 12.4 Å². The molecule has 8 heteroatoms. The van der Waals surface area contributed by atoms with Gasteiger partial charge in [0.15, 0.2) is 23.3 Å². The summed E-state index contributed by atoms with van der Waals surface area (Å²) in [5.41, 5.74) is 4.92. The van der Waals surface area contributed by atoms with E-state index in [2.05, 4.69) is 16.2 Å². The molecule has 0 fully saturated rings. The predicted octanol–water partition coefficient (Wildman–Crippen LogP) is 1.45. The highest BCUT2D eigenvalue weighted by atomic mass is 32.2. The van der Waals surface area contributed by atoms with Crippen molar-refractivity contribution >= 4 is 35.0 Å². The molecule has 0 radical (unpaired) electrons. The lowest BCUT2D eigenvalue weighted by Crippen LogP contribution is -2.48. The highest BCUT2D eigenvalue weighted by Crippen LogP contribution is 2.14. The first kappa shape index (κ1) is 17.5. The van der Waals surface area contributed by atoms with Crippen molar-refractivity contribution in [3.63, 3.8) is 0 Å². The van der Waals surface area contributed by atoms with E-state index in [4.69, 9.17) is 17.0 Å². The number of amides is 1. The summed E-state index contributed by atoms with van der Waals surface area (Å²) in [6, 6.07) is 5.89. The second-order valence-corrected chi connectivity index (χ2v) is 5.39. The van der Waals surface area contributed by atoms with Gasteiger partial charge in [-0.1, -0.05) is 12.1 Å². The third kappa shape index (κ3) is 7.72. The molecule has 0 saturated heterocycles. The van der Waals surface area contributed by atoms with E-state index in [1.807, 2.05) is 6.26 Å². The molecular weight excluding hydrogens is 313 g/mol. The van der Waals surface area contributed by atoms with Crippen LogP contribution in [0.4, 0.5) is 4.39 Å². The number of hydrogen-bond acceptors (Lipinski definition) is 4. The topological polar surface area (TPSA) is 62.4 Å². The molecule has 0 atom stereocenters. The quantitative estimate of drug-likeness (QED) is 0.399. The molecular formula is C13H18FN3O2S2. The minimum Gasteiger partial charge on any atom is -0.481 e. The summed E-state index contributed by atoms with van der Waals surface area (Å²) >= 11 is 6.73. The van der Waals surface area contributed by atoms with Gasteiger partial charge in [0.05, 0.1) is 0 Å². The van der Waals surface area contributed by atoms with Gasteiger partial charge in [0.2, 0.25) is 0 Å². The normalized spacial score (nSPS) is 9.81. The molecule has 0 bridgehead atoms. The summed E-state index contributed by atoms with van der Waals surface area (Å²) in [5, 5.41) is 3.28. The zero-order valence-corrected chi connectivity index (χ0v) is 13.3. The summed E-state index contributed by atoms with van der Waals surface area (Å²) in [6.45, 7) is 0.428. The number of rotatable bonds is 7. The van der Waals surface area contributed by atoms with E-state index >= 15 is 0 Å². The Bertz CT molecular complexity index is 474. The number of halogens is 1. The number of carbonyl (C=O) groups excluding carboxylic acids is 1. The number of ether oxygens (including phenoxy) is 1. The third-order valence-electron chi connectivity index (χ3n) is 2.32. The molecule has 3 N–H and O–H groups in total. The summed E-state index contributed by atoms with van der Waals surface area (Å²) in [4.78, 5) is 11.5. The van der Waals surface area contributed by atoms with Crippen LogP contribution in [-0.2, 0) is 4.79 Å². The molecule has 0 aliphatic carbocycles. The Morgan fingerprint density at radius 3 is 2.86 bits per heavy atom. The van der Waals surface area contributed by atoms with Crippen molar-refractivity contribution < 1.29 is 13.9 Å². The second-order valence-electron chi connectivity index (χ2n) is 3.99. The van der Waals surface area contributed by atoms with Crippen LogP contribution in [-0.4, -0.2) is 36.2 Å². The fourth-order valence-electron chi connectivity index (χ4n) is 1.33. The molecule has 1 aromatic rings. The van der Waals surface area contributed by atoms with Crippen LogP contribution in [0.3, 0.4) is 0 Å². The number of nitrogens with one attached hydrogen (secondary N) is 3. The van der Waals surface area contributed by atoms with Crippen molar-refractivity contribution in [1.82, 2.24) is 16.2 Å². The monoisotopic (exact) mass is 331 g/mol. The maximum Gasteiger partial charge on any atom is 0.276 e. The van der Waals surface area contributed by atoms with Crippen LogP contribution in [0.2, 0.25) is 0 Å². The highest BCUT2D eigenvalue weighted by Gasteiger charge is 2.06. The van der Waals surface area contributed by atoms with E-state index in [0.717, 1.165) is 18.7 Å². The van der Waals surface area contributed by atoms with Crippen LogP contribution in [0, 0.1) is 5.82 Å². The fourth-order valence-corrected chi connectivity index (χ4v) is 1.92. The van der Waals surface area contributed by atoms with Crippen molar-refractivity contribution in [3.8, 4) is 5.75 Å². The number of thiocarbonyl (C=S) groups is 1. The Morgan fingerprint density at radius 2 is 2.14 bits per heavy atom. The molecule has 0 aromatic heterocycles. The molecule has 0 heterocycles. The summed E-state index contributed by atoms with van der Waals surface area (Å²) in [6.07, 6.45) is 3.01. The SMILES string of the molecule is CSCCCNC(=S)NNC(=O)COc1ccccc1F. The molecule has 0 saturated carbocycles. The zero-order chi connectivity index (χ0) is 15.5. The van der Waals surface area contributed by atoms with E-state index in [1.54, 1.807) is 23.9 Å². The number of benzene rings is 1. The molecule has 116 valence electrons. The lowest BCUT2D eigenvalue weighted by Gasteiger charge is -2.12. The summed E-state index contributed by atoms with van der Waals surface area (Å²) in [5.74, 6) is 0.111. The van der Waals surface area contributed by atoms with Gasteiger partial charge in [-0.15, -0.1) is 0 Å². The number of carbonyl (C=O) groups is 1. The molecule has 0 aliphatic rings. The van der Waals surface area contributed by atoms with Gasteiger partial charge in [0.1, 0.15) is 0 Å². The van der Waals surface area contributed by atoms with Gasteiger partial charge in [-0.05, 0) is 42.8 Å². The van der Waals surface area contributed by atoms with Gasteiger partial charge in [0.25, 0.3) is 5.91 Å². The van der Waals surface area contributed by atoms with Crippen LogP contribution in [0.15, 0.2) is 24.3 Å². The first-order valence-electron chi connectivity index (χ1n) is 6.32. The highest BCUT2D eigenvalue weighted by molar-refractivity contribution is 7.98. The van der Waals surface area contributed by atoms with Crippen molar-refractivity contribution in [3.05, 3.63) is 30.1 Å². The Hall–Kier alpha value is -1.54. The maximum atomic E-state index is 13.3. The van der Waals surface area contributed by atoms with Crippen LogP contribution in [0.5, 0.6) is 5.75 Å². The Labute approximate surface area is 133 Å². The summed E-state index contributed by atoms with van der Waals surface area (Å²) < 4.78 is 18.3. The fraction of sp³-hybridized carbons (Fsp3) is 0.385. The molecule has 0 aliphatic heterocycles. The average Bonchev–Trinajstić information content (AvgIpc) is 2.48. The average molecular weight is 331 g/mol. The number of para-hydroxylation sites is 1. The van der Waals surface area contributed by atoms with Crippen LogP contribution in [0.25, 0.3) is 0 Å². The smallest absolute Gasteiger partial charge is 0.276 e. The minimum atomic E-state index is -0.510. The van der Waals surface area contributed by atoms with Crippen molar-refractivity contribution in [2.75, 3.05) is 25.2 Å². The van der Waals surface area contributed by atoms with Gasteiger partial charge in [-0.25, -0.2) is 4.39 Å². The van der Waals surface area contributed by atoms with E-state index in [1.165, 1.54) is 12.1 Å². The molecule has 1 aromatic carbocycles. The third-order valence-corrected chi connectivity index (χ3v) is 3.26. The lowest BCUT2D eigenvalue weighted by molar-refractivity contribution is -0.123. The lowest BCUT2D eigenvalue weighted by atomic mass is 10.3. The number of thioether (sulfide) groups is 1. The van der Waals surface area contributed by atoms with Gasteiger partial charge in [-0.3, -0.25) is 15.6 Å². The Kier molecular flexibility index (Phi) is 8.53. The molecule has 0 spiro atoms. The Morgan fingerprint density at radius 1 is 1.38 bits per heavy atom. The van der Waals surface area contributed by atoms with E-state index in [0.29, 0.717) is 5.11 Å². The van der Waals surface area contributed by atoms with Gasteiger partial charge in [-0.2, -0.15) is 11.8 Å². The van der Waals surface area contributed by atoms with Crippen molar-refractivity contribution in [1.29, 1.82) is 0 Å². The second kappa shape index (κ2) is 10.2. The van der Waals surface area contributed by atoms with Gasteiger partial charge in [0, 0.05) is 6.54 Å². The minimum absolute atomic E-state index is 0.0328. The van der Waals surface area contributed by atoms with Crippen LogP contribution < -0.4 is 20.9 Å². The van der Waals surface area contributed by atoms with Crippen LogP contribution >= 0.6 is 24.0 Å². The van der Waals surface area contributed by atoms with Crippen molar-refractivity contribution in [2.24, 2.45) is 0 Å². The standard InChI is InChI=1S/C13H18FN3O2S2/c1-21-8-4-7-15-13(20)17-16-12(18)9-19-11-6-3-2-5-10(11)14/h2-3,5-6H,4,7-9H2,1H3,(H,16,18)(H2,15,17,20). The van der Waals surface area contributed by atoms with E-state index in [9.17, 15) is 9.18 Å².